The highest BCUT2D eigenvalue weighted by Gasteiger charge is 2.42. The van der Waals surface area contributed by atoms with E-state index < -0.39 is 41.8 Å². The second kappa shape index (κ2) is 10.7. The van der Waals surface area contributed by atoms with Crippen LogP contribution in [0.4, 0.5) is 4.79 Å². The molecule has 0 saturated heterocycles. The van der Waals surface area contributed by atoms with Gasteiger partial charge in [0, 0.05) is 6.42 Å². The fraction of sp³-hybridized carbons (Fsp3) is 0.300. The molecular formula is C30H32N2O6. The third-order valence-corrected chi connectivity index (χ3v) is 6.51. The van der Waals surface area contributed by atoms with Crippen molar-refractivity contribution in [3.05, 3.63) is 95.1 Å². The number of carbonyl (C=O) groups excluding carboxylic acids is 2. The molecule has 0 heterocycles. The van der Waals surface area contributed by atoms with Gasteiger partial charge in [0.05, 0.1) is 13.2 Å². The van der Waals surface area contributed by atoms with Crippen molar-refractivity contribution < 1.29 is 29.0 Å². The van der Waals surface area contributed by atoms with Crippen molar-refractivity contribution in [1.29, 1.82) is 0 Å². The molecule has 0 fully saturated rings. The molecule has 8 nitrogen and oxygen atoms in total. The minimum absolute atomic E-state index is 0.0211. The molecule has 1 amide bonds. The number of nitrogens with two attached hydrogens (primary N) is 1. The first-order chi connectivity index (χ1) is 18.0. The molecule has 3 N–H and O–H groups in total. The summed E-state index contributed by atoms with van der Waals surface area (Å²) in [7, 11) is 1.24. The zero-order chi connectivity index (χ0) is 27.6. The van der Waals surface area contributed by atoms with Gasteiger partial charge in [0.25, 0.3) is 0 Å². The lowest BCUT2D eigenvalue weighted by atomic mass is 9.97. The summed E-state index contributed by atoms with van der Waals surface area (Å²) in [5, 5.41) is 10.3. The summed E-state index contributed by atoms with van der Waals surface area (Å²) in [5.41, 5.74) is 10.2. The minimum Gasteiger partial charge on any atom is -0.480 e. The fourth-order valence-corrected chi connectivity index (χ4v) is 4.84. The number of methoxy groups -OCH3 is 1. The SMILES string of the molecule is COC(=O)N(C1c2ccccc2-c2ccccc21)[C@H](Cc1ccc(C(N)C(=O)OC(C)(C)C)cc1)C(=O)O. The molecule has 3 aromatic rings. The molecule has 198 valence electrons. The van der Waals surface area contributed by atoms with Gasteiger partial charge in [-0.3, -0.25) is 4.90 Å². The molecule has 4 rings (SSSR count). The maximum atomic E-state index is 13.2. The van der Waals surface area contributed by atoms with E-state index in [1.165, 1.54) is 12.0 Å². The number of aliphatic carboxylic acids is 1. The van der Waals surface area contributed by atoms with E-state index >= 15 is 0 Å². The van der Waals surface area contributed by atoms with Crippen LogP contribution >= 0.6 is 0 Å². The van der Waals surface area contributed by atoms with Crippen molar-refractivity contribution in [1.82, 2.24) is 4.90 Å². The Kier molecular flexibility index (Phi) is 7.55. The molecule has 0 spiro atoms. The largest absolute Gasteiger partial charge is 0.480 e. The molecule has 0 radical (unpaired) electrons. The first-order valence-electron chi connectivity index (χ1n) is 12.4. The van der Waals surface area contributed by atoms with Crippen molar-refractivity contribution in [2.75, 3.05) is 7.11 Å². The number of amides is 1. The molecule has 1 unspecified atom stereocenters. The lowest BCUT2D eigenvalue weighted by molar-refractivity contribution is -0.156. The molecule has 38 heavy (non-hydrogen) atoms. The van der Waals surface area contributed by atoms with E-state index in [0.29, 0.717) is 11.1 Å². The summed E-state index contributed by atoms with van der Waals surface area (Å²) >= 11 is 0. The Labute approximate surface area is 222 Å². The van der Waals surface area contributed by atoms with Gasteiger partial charge in [-0.2, -0.15) is 0 Å². The number of nitrogens with zero attached hydrogens (tertiary/aromatic N) is 1. The number of carbonyl (C=O) groups is 3. The summed E-state index contributed by atoms with van der Waals surface area (Å²) in [6, 6.07) is 19.2. The standard InChI is InChI=1S/C30H32N2O6/c1-30(2,3)38-28(35)25(31)19-15-13-18(14-16-19)17-24(27(33)34)32(29(36)37-4)26-22-11-7-5-9-20(22)21-10-6-8-12-23(21)26/h5-16,24-26H,17,31H2,1-4H3,(H,33,34)/t24-,25?/m1/s1. The highest BCUT2D eigenvalue weighted by molar-refractivity contribution is 5.85. The summed E-state index contributed by atoms with van der Waals surface area (Å²) in [6.45, 7) is 5.29. The van der Waals surface area contributed by atoms with Gasteiger partial charge in [-0.15, -0.1) is 0 Å². The van der Waals surface area contributed by atoms with Crippen molar-refractivity contribution in [2.45, 2.75) is 50.9 Å². The van der Waals surface area contributed by atoms with Crippen LogP contribution < -0.4 is 5.73 Å². The maximum Gasteiger partial charge on any atom is 0.411 e. The molecule has 8 heteroatoms. The first-order valence-corrected chi connectivity index (χ1v) is 12.4. The molecule has 0 aromatic heterocycles. The van der Waals surface area contributed by atoms with Crippen LogP contribution in [0.15, 0.2) is 72.8 Å². The molecule has 0 bridgehead atoms. The third-order valence-electron chi connectivity index (χ3n) is 6.51. The molecule has 3 aromatic carbocycles. The van der Waals surface area contributed by atoms with Crippen LogP contribution in [-0.4, -0.2) is 46.8 Å². The van der Waals surface area contributed by atoms with Gasteiger partial charge >= 0.3 is 18.0 Å². The highest BCUT2D eigenvalue weighted by Crippen LogP contribution is 2.47. The van der Waals surface area contributed by atoms with E-state index in [0.717, 1.165) is 22.3 Å². The number of hydrogen-bond acceptors (Lipinski definition) is 6. The van der Waals surface area contributed by atoms with Gasteiger partial charge in [0.15, 0.2) is 0 Å². The number of carboxylic acid groups (broad SMARTS) is 1. The van der Waals surface area contributed by atoms with Gasteiger partial charge in [-0.25, -0.2) is 14.4 Å². The van der Waals surface area contributed by atoms with Crippen LogP contribution in [0.3, 0.4) is 0 Å². The maximum absolute atomic E-state index is 13.2. The zero-order valence-corrected chi connectivity index (χ0v) is 21.9. The summed E-state index contributed by atoms with van der Waals surface area (Å²) < 4.78 is 10.5. The summed E-state index contributed by atoms with van der Waals surface area (Å²) in [5.74, 6) is -1.71. The Hall–Kier alpha value is -4.17. The lowest BCUT2D eigenvalue weighted by Crippen LogP contribution is -2.48. The summed E-state index contributed by atoms with van der Waals surface area (Å²) in [6.07, 6.45) is -0.717. The Morgan fingerprint density at radius 3 is 1.92 bits per heavy atom. The lowest BCUT2D eigenvalue weighted by Gasteiger charge is -2.34. The Morgan fingerprint density at radius 1 is 0.921 bits per heavy atom. The number of ether oxygens (including phenoxy) is 2. The second-order valence-electron chi connectivity index (χ2n) is 10.3. The molecule has 2 atom stereocenters. The second-order valence-corrected chi connectivity index (χ2v) is 10.3. The van der Waals surface area contributed by atoms with Gasteiger partial charge in [-0.1, -0.05) is 72.8 Å². The monoisotopic (exact) mass is 516 g/mol. The van der Waals surface area contributed by atoms with Gasteiger partial charge in [0.1, 0.15) is 17.7 Å². The smallest absolute Gasteiger partial charge is 0.411 e. The number of fused-ring (bicyclic) bond motifs is 3. The number of benzene rings is 3. The third kappa shape index (κ3) is 5.40. The average molecular weight is 517 g/mol. The van der Waals surface area contributed by atoms with Crippen molar-refractivity contribution in [3.8, 4) is 11.1 Å². The van der Waals surface area contributed by atoms with E-state index in [4.69, 9.17) is 15.2 Å². The number of rotatable bonds is 7. The topological polar surface area (TPSA) is 119 Å². The van der Waals surface area contributed by atoms with E-state index in [1.807, 2.05) is 48.5 Å². The molecule has 0 aliphatic heterocycles. The minimum atomic E-state index is -1.22. The van der Waals surface area contributed by atoms with Crippen molar-refractivity contribution in [2.24, 2.45) is 5.73 Å². The van der Waals surface area contributed by atoms with Crippen LogP contribution in [0.1, 0.15) is 55.1 Å². The van der Waals surface area contributed by atoms with Crippen molar-refractivity contribution >= 4 is 18.0 Å². The fourth-order valence-electron chi connectivity index (χ4n) is 4.84. The quantitative estimate of drug-likeness (QED) is 0.430. The van der Waals surface area contributed by atoms with Crippen LogP contribution in [0.5, 0.6) is 0 Å². The van der Waals surface area contributed by atoms with E-state index in [2.05, 4.69) is 0 Å². The van der Waals surface area contributed by atoms with Gasteiger partial charge in [-0.05, 0) is 54.2 Å². The van der Waals surface area contributed by atoms with Crippen LogP contribution in [0, 0.1) is 0 Å². The predicted octanol–water partition coefficient (Wildman–Crippen LogP) is 4.86. The average Bonchev–Trinajstić information content (AvgIpc) is 3.21. The van der Waals surface area contributed by atoms with Crippen LogP contribution in [0.25, 0.3) is 11.1 Å². The molecule has 1 aliphatic rings. The Bertz CT molecular complexity index is 1300. The molecule has 0 saturated carbocycles. The normalized spacial score (nSPS) is 14.1. The number of carboxylic acids is 1. The van der Waals surface area contributed by atoms with E-state index in [9.17, 15) is 19.5 Å². The first kappa shape index (κ1) is 26.9. The van der Waals surface area contributed by atoms with E-state index in [1.54, 1.807) is 45.0 Å². The van der Waals surface area contributed by atoms with Gasteiger partial charge < -0.3 is 20.3 Å². The number of hydrogen-bond donors (Lipinski definition) is 2. The van der Waals surface area contributed by atoms with E-state index in [-0.39, 0.29) is 6.42 Å². The predicted molar refractivity (Wildman–Crippen MR) is 142 cm³/mol. The van der Waals surface area contributed by atoms with Crippen LogP contribution in [0.2, 0.25) is 0 Å². The van der Waals surface area contributed by atoms with Gasteiger partial charge in [0.2, 0.25) is 0 Å². The Morgan fingerprint density at radius 2 is 1.45 bits per heavy atom. The molecule has 1 aliphatic carbocycles. The highest BCUT2D eigenvalue weighted by atomic mass is 16.6. The molecular weight excluding hydrogens is 484 g/mol. The number of esters is 1. The Balaban J connectivity index is 1.66. The summed E-state index contributed by atoms with van der Waals surface area (Å²) in [4.78, 5) is 39.4. The van der Waals surface area contributed by atoms with Crippen LogP contribution in [-0.2, 0) is 25.5 Å². The zero-order valence-electron chi connectivity index (χ0n) is 21.9. The van der Waals surface area contributed by atoms with Crippen molar-refractivity contribution in [3.63, 3.8) is 0 Å².